The molecule has 1 aliphatic heterocycles. The molecule has 0 bridgehead atoms. The Labute approximate surface area is 77.5 Å². The molecule has 0 amide bonds. The van der Waals surface area contributed by atoms with Crippen molar-refractivity contribution >= 4 is 5.97 Å². The minimum Gasteiger partial charge on any atom is -0.480 e. The lowest BCUT2D eigenvalue weighted by molar-refractivity contribution is -0.140. The summed E-state index contributed by atoms with van der Waals surface area (Å²) >= 11 is 0. The first-order valence-electron chi connectivity index (χ1n) is 4.41. The van der Waals surface area contributed by atoms with Gasteiger partial charge >= 0.3 is 5.97 Å². The summed E-state index contributed by atoms with van der Waals surface area (Å²) in [4.78, 5) is 12.3. The van der Waals surface area contributed by atoms with Crippen molar-refractivity contribution in [3.63, 3.8) is 0 Å². The number of carboxylic acid groups (broad SMARTS) is 1. The second-order valence-corrected chi connectivity index (χ2v) is 3.40. The van der Waals surface area contributed by atoms with Gasteiger partial charge in [-0.2, -0.15) is 0 Å². The van der Waals surface area contributed by atoms with Crippen LogP contribution in [0.1, 0.15) is 6.92 Å². The molecule has 1 rings (SSSR count). The summed E-state index contributed by atoms with van der Waals surface area (Å²) < 4.78 is 5.39. The van der Waals surface area contributed by atoms with E-state index in [0.29, 0.717) is 19.7 Å². The maximum atomic E-state index is 10.4. The Morgan fingerprint density at radius 2 is 2.54 bits per heavy atom. The highest BCUT2D eigenvalue weighted by molar-refractivity contribution is 5.69. The van der Waals surface area contributed by atoms with Crippen LogP contribution in [0, 0.1) is 0 Å². The lowest BCUT2D eigenvalue weighted by Gasteiger charge is -2.33. The predicted octanol–water partition coefficient (Wildman–Crippen LogP) is -0.881. The van der Waals surface area contributed by atoms with Gasteiger partial charge in [-0.25, -0.2) is 0 Å². The molecule has 1 saturated heterocycles. The van der Waals surface area contributed by atoms with Crippen LogP contribution in [-0.2, 0) is 9.53 Å². The number of ether oxygens (including phenoxy) is 1. The van der Waals surface area contributed by atoms with E-state index in [2.05, 4.69) is 0 Å². The van der Waals surface area contributed by atoms with E-state index < -0.39 is 5.97 Å². The van der Waals surface area contributed by atoms with E-state index in [-0.39, 0.29) is 18.7 Å². The van der Waals surface area contributed by atoms with Crippen molar-refractivity contribution < 1.29 is 14.6 Å². The van der Waals surface area contributed by atoms with Crippen LogP contribution in [0.4, 0.5) is 0 Å². The molecule has 0 aromatic carbocycles. The monoisotopic (exact) mass is 188 g/mol. The highest BCUT2D eigenvalue weighted by atomic mass is 16.5. The molecule has 76 valence electrons. The molecular weight excluding hydrogens is 172 g/mol. The maximum Gasteiger partial charge on any atom is 0.317 e. The fraction of sp³-hybridized carbons (Fsp3) is 0.875. The van der Waals surface area contributed by atoms with Crippen molar-refractivity contribution in [1.29, 1.82) is 0 Å². The third-order valence-electron chi connectivity index (χ3n) is 2.12. The fourth-order valence-electron chi connectivity index (χ4n) is 1.38. The van der Waals surface area contributed by atoms with E-state index in [9.17, 15) is 4.79 Å². The van der Waals surface area contributed by atoms with Crippen molar-refractivity contribution in [3.05, 3.63) is 0 Å². The van der Waals surface area contributed by atoms with Gasteiger partial charge in [0.05, 0.1) is 19.3 Å². The van der Waals surface area contributed by atoms with E-state index in [4.69, 9.17) is 15.6 Å². The Morgan fingerprint density at radius 1 is 1.85 bits per heavy atom. The molecule has 0 aliphatic carbocycles. The molecule has 1 fully saturated rings. The average molecular weight is 188 g/mol. The molecule has 0 aromatic heterocycles. The summed E-state index contributed by atoms with van der Waals surface area (Å²) in [5, 5.41) is 8.58. The summed E-state index contributed by atoms with van der Waals surface area (Å²) in [6.45, 7) is 3.81. The quantitative estimate of drug-likeness (QED) is 0.601. The highest BCUT2D eigenvalue weighted by Crippen LogP contribution is 2.06. The Balaban J connectivity index is 2.37. The summed E-state index contributed by atoms with van der Waals surface area (Å²) in [5.74, 6) is -0.801. The summed E-state index contributed by atoms with van der Waals surface area (Å²) in [7, 11) is 0. The molecule has 0 spiro atoms. The minimum atomic E-state index is -0.801. The molecule has 5 nitrogen and oxygen atoms in total. The lowest BCUT2D eigenvalue weighted by Crippen LogP contribution is -2.50. The third kappa shape index (κ3) is 3.30. The molecule has 0 aromatic rings. The first-order chi connectivity index (χ1) is 6.09. The number of carbonyl (C=O) groups is 1. The van der Waals surface area contributed by atoms with Crippen LogP contribution < -0.4 is 5.73 Å². The largest absolute Gasteiger partial charge is 0.480 e. The number of nitrogens with zero attached hydrogens (tertiary/aromatic N) is 1. The Hall–Kier alpha value is -0.650. The topological polar surface area (TPSA) is 75.8 Å². The number of nitrogens with two attached hydrogens (primary N) is 1. The Bertz CT molecular complexity index is 184. The average Bonchev–Trinajstić information content (AvgIpc) is 2.03. The number of carboxylic acids is 1. The molecule has 0 radical (unpaired) electrons. The highest BCUT2D eigenvalue weighted by Gasteiger charge is 2.24. The lowest BCUT2D eigenvalue weighted by atomic mass is 10.1. The molecule has 1 aliphatic rings. The van der Waals surface area contributed by atoms with Gasteiger partial charge in [-0.1, -0.05) is 0 Å². The molecule has 0 saturated carbocycles. The summed E-state index contributed by atoms with van der Waals surface area (Å²) in [6.07, 6.45) is -0.0342. The van der Waals surface area contributed by atoms with Gasteiger partial charge < -0.3 is 15.6 Å². The maximum absolute atomic E-state index is 10.4. The summed E-state index contributed by atoms with van der Waals surface area (Å²) in [6, 6.07) is -0.0448. The smallest absolute Gasteiger partial charge is 0.317 e. The molecule has 5 heteroatoms. The van der Waals surface area contributed by atoms with Gasteiger partial charge in [0.15, 0.2) is 0 Å². The van der Waals surface area contributed by atoms with Gasteiger partial charge in [0.2, 0.25) is 0 Å². The van der Waals surface area contributed by atoms with Crippen LogP contribution in [0.15, 0.2) is 0 Å². The van der Waals surface area contributed by atoms with Crippen molar-refractivity contribution in [3.8, 4) is 0 Å². The number of aliphatic carboxylic acids is 1. The molecule has 2 atom stereocenters. The van der Waals surface area contributed by atoms with Crippen LogP contribution in [0.5, 0.6) is 0 Å². The van der Waals surface area contributed by atoms with E-state index in [1.54, 1.807) is 0 Å². The fourth-order valence-corrected chi connectivity index (χ4v) is 1.38. The van der Waals surface area contributed by atoms with E-state index >= 15 is 0 Å². The number of morpholine rings is 1. The van der Waals surface area contributed by atoms with Crippen molar-refractivity contribution in [2.24, 2.45) is 5.73 Å². The van der Waals surface area contributed by atoms with Gasteiger partial charge in [-0.15, -0.1) is 0 Å². The van der Waals surface area contributed by atoms with E-state index in [1.807, 2.05) is 11.8 Å². The molecule has 2 unspecified atom stereocenters. The standard InChI is InChI=1S/C8H16N2O3/c1-6(9)7-4-10(2-3-13-7)5-8(11)12/h6-7H,2-5,9H2,1H3,(H,11,12). The van der Waals surface area contributed by atoms with Crippen molar-refractivity contribution in [1.82, 2.24) is 4.90 Å². The van der Waals surface area contributed by atoms with Gasteiger partial charge in [0.1, 0.15) is 0 Å². The zero-order valence-corrected chi connectivity index (χ0v) is 7.77. The number of hydrogen-bond donors (Lipinski definition) is 2. The van der Waals surface area contributed by atoms with Gasteiger partial charge in [0.25, 0.3) is 0 Å². The molecular formula is C8H16N2O3. The second-order valence-electron chi connectivity index (χ2n) is 3.40. The minimum absolute atomic E-state index is 0.0342. The van der Waals surface area contributed by atoms with Gasteiger partial charge in [-0.3, -0.25) is 9.69 Å². The van der Waals surface area contributed by atoms with Crippen LogP contribution in [0.25, 0.3) is 0 Å². The van der Waals surface area contributed by atoms with Crippen LogP contribution in [0.3, 0.4) is 0 Å². The third-order valence-corrected chi connectivity index (χ3v) is 2.12. The first kappa shape index (κ1) is 10.4. The zero-order chi connectivity index (χ0) is 9.84. The molecule has 3 N–H and O–H groups in total. The van der Waals surface area contributed by atoms with E-state index in [0.717, 1.165) is 0 Å². The van der Waals surface area contributed by atoms with E-state index in [1.165, 1.54) is 0 Å². The van der Waals surface area contributed by atoms with Gasteiger partial charge in [0, 0.05) is 19.1 Å². The van der Waals surface area contributed by atoms with Crippen LogP contribution >= 0.6 is 0 Å². The first-order valence-corrected chi connectivity index (χ1v) is 4.41. The SMILES string of the molecule is CC(N)C1CN(CC(=O)O)CCO1. The van der Waals surface area contributed by atoms with Crippen molar-refractivity contribution in [2.45, 2.75) is 19.1 Å². The Morgan fingerprint density at radius 3 is 3.08 bits per heavy atom. The van der Waals surface area contributed by atoms with Crippen molar-refractivity contribution in [2.75, 3.05) is 26.2 Å². The van der Waals surface area contributed by atoms with Gasteiger partial charge in [-0.05, 0) is 6.92 Å². The number of hydrogen-bond acceptors (Lipinski definition) is 4. The van der Waals surface area contributed by atoms with Crippen LogP contribution in [0.2, 0.25) is 0 Å². The molecule has 1 heterocycles. The predicted molar refractivity (Wildman–Crippen MR) is 47.5 cm³/mol. The number of rotatable bonds is 3. The summed E-state index contributed by atoms with van der Waals surface area (Å²) in [5.41, 5.74) is 5.66. The second kappa shape index (κ2) is 4.55. The normalized spacial score (nSPS) is 27.1. The Kier molecular flexibility index (Phi) is 3.65. The molecule has 13 heavy (non-hydrogen) atoms. The zero-order valence-electron chi connectivity index (χ0n) is 7.77. The van der Waals surface area contributed by atoms with Crippen LogP contribution in [-0.4, -0.2) is 54.4 Å².